The summed E-state index contributed by atoms with van der Waals surface area (Å²) in [5.74, 6) is 1.13. The minimum Gasteiger partial charge on any atom is -0.496 e. The zero-order valence-electron chi connectivity index (χ0n) is 11.3. The highest BCUT2D eigenvalue weighted by Crippen LogP contribution is 2.39. The van der Waals surface area contributed by atoms with Gasteiger partial charge in [0.15, 0.2) is 5.75 Å². The van der Waals surface area contributed by atoms with E-state index in [9.17, 15) is 8.42 Å². The topological polar surface area (TPSA) is 85.9 Å². The zero-order chi connectivity index (χ0) is 14.5. The van der Waals surface area contributed by atoms with Crippen LogP contribution in [0.1, 0.15) is 0 Å². The first-order valence-electron chi connectivity index (χ1n) is 5.42. The summed E-state index contributed by atoms with van der Waals surface area (Å²) >= 11 is 0. The fraction of sp³-hybridized carbons (Fsp3) is 0.455. The maximum absolute atomic E-state index is 11.4. The summed E-state index contributed by atoms with van der Waals surface area (Å²) in [7, 11) is 1.20. The molecule has 1 aromatic carbocycles. The lowest BCUT2D eigenvalue weighted by Crippen LogP contribution is -2.17. The van der Waals surface area contributed by atoms with Crippen molar-refractivity contribution in [3.63, 3.8) is 0 Å². The summed E-state index contributed by atoms with van der Waals surface area (Å²) in [5.41, 5.74) is 0.237. The van der Waals surface area contributed by atoms with Gasteiger partial charge < -0.3 is 14.2 Å². The van der Waals surface area contributed by atoms with Gasteiger partial charge in [0.1, 0.15) is 23.9 Å². The summed E-state index contributed by atoms with van der Waals surface area (Å²) in [6.45, 7) is 0.217. The Balaban J connectivity index is 3.28. The van der Waals surface area contributed by atoms with E-state index in [0.717, 1.165) is 6.26 Å². The van der Waals surface area contributed by atoms with Crippen LogP contribution in [0, 0.1) is 0 Å². The number of ether oxygens (including phenoxy) is 3. The Morgan fingerprint density at radius 2 is 1.79 bits per heavy atom. The molecule has 1 rings (SSSR count). The second-order valence-corrected chi connectivity index (χ2v) is 5.47. The highest BCUT2D eigenvalue weighted by atomic mass is 32.2. The molecule has 0 unspecified atom stereocenters. The minimum absolute atomic E-state index is 0.217. The highest BCUT2D eigenvalue weighted by Gasteiger charge is 2.17. The van der Waals surface area contributed by atoms with Crippen molar-refractivity contribution >= 4 is 15.7 Å². The fourth-order valence-corrected chi connectivity index (χ4v) is 1.97. The smallest absolute Gasteiger partial charge is 0.230 e. The Kier molecular flexibility index (Phi) is 5.25. The molecule has 0 spiro atoms. The lowest BCUT2D eigenvalue weighted by Gasteiger charge is -2.16. The summed E-state index contributed by atoms with van der Waals surface area (Å²) in [6.07, 6.45) is 1.05. The van der Waals surface area contributed by atoms with Gasteiger partial charge in [-0.05, 0) is 7.05 Å². The van der Waals surface area contributed by atoms with Crippen molar-refractivity contribution in [1.29, 1.82) is 0 Å². The van der Waals surface area contributed by atoms with Crippen LogP contribution in [0.15, 0.2) is 12.1 Å². The quantitative estimate of drug-likeness (QED) is 0.716. The number of nitrogens with one attached hydrogen (secondary N) is 2. The Morgan fingerprint density at radius 3 is 2.26 bits per heavy atom. The molecule has 0 saturated carbocycles. The molecule has 1 aromatic rings. The molecule has 0 fully saturated rings. The molecule has 0 aliphatic rings. The van der Waals surface area contributed by atoms with Crippen molar-refractivity contribution in [2.24, 2.45) is 0 Å². The third-order valence-electron chi connectivity index (χ3n) is 2.15. The molecule has 0 radical (unpaired) electrons. The number of rotatable bonds is 7. The van der Waals surface area contributed by atoms with Crippen LogP contribution in [0.2, 0.25) is 0 Å². The van der Waals surface area contributed by atoms with Crippen molar-refractivity contribution in [3.8, 4) is 17.2 Å². The molecular formula is C11H18N2O5S. The van der Waals surface area contributed by atoms with E-state index in [4.69, 9.17) is 14.2 Å². The monoisotopic (exact) mass is 290 g/mol. The zero-order valence-corrected chi connectivity index (χ0v) is 12.1. The Morgan fingerprint density at radius 1 is 1.16 bits per heavy atom. The first-order valence-corrected chi connectivity index (χ1v) is 7.31. The Labute approximate surface area is 112 Å². The van der Waals surface area contributed by atoms with Crippen LogP contribution in [-0.4, -0.2) is 42.7 Å². The molecule has 0 amide bonds. The van der Waals surface area contributed by atoms with Gasteiger partial charge in [-0.15, -0.1) is 0 Å². The summed E-state index contributed by atoms with van der Waals surface area (Å²) < 4.78 is 40.8. The third-order valence-corrected chi connectivity index (χ3v) is 2.73. The van der Waals surface area contributed by atoms with E-state index < -0.39 is 10.0 Å². The molecule has 0 atom stereocenters. The molecule has 108 valence electrons. The number of sulfonamides is 1. The van der Waals surface area contributed by atoms with E-state index in [1.807, 2.05) is 0 Å². The number of hydrogen-bond acceptors (Lipinski definition) is 6. The lowest BCUT2D eigenvalue weighted by atomic mass is 10.2. The molecule has 19 heavy (non-hydrogen) atoms. The number of anilines is 1. The van der Waals surface area contributed by atoms with Crippen LogP contribution in [0.4, 0.5) is 5.69 Å². The number of benzene rings is 1. The van der Waals surface area contributed by atoms with Gasteiger partial charge in [-0.3, -0.25) is 10.0 Å². The van der Waals surface area contributed by atoms with Gasteiger partial charge in [0.05, 0.1) is 20.5 Å². The van der Waals surface area contributed by atoms with Crippen molar-refractivity contribution in [2.75, 3.05) is 39.0 Å². The molecule has 0 saturated heterocycles. The maximum Gasteiger partial charge on any atom is 0.230 e. The average Bonchev–Trinajstić information content (AvgIpc) is 2.35. The fourth-order valence-electron chi connectivity index (χ4n) is 1.39. The van der Waals surface area contributed by atoms with Crippen LogP contribution in [0.5, 0.6) is 17.2 Å². The molecule has 7 nitrogen and oxygen atoms in total. The predicted molar refractivity (Wildman–Crippen MR) is 72.6 cm³/mol. The largest absolute Gasteiger partial charge is 0.496 e. The van der Waals surface area contributed by atoms with E-state index in [0.29, 0.717) is 17.2 Å². The van der Waals surface area contributed by atoms with Gasteiger partial charge in [-0.25, -0.2) is 8.42 Å². The maximum atomic E-state index is 11.4. The summed E-state index contributed by atoms with van der Waals surface area (Å²) in [4.78, 5) is 0. The van der Waals surface area contributed by atoms with Gasteiger partial charge in [0, 0.05) is 12.1 Å². The van der Waals surface area contributed by atoms with Gasteiger partial charge in [-0.2, -0.15) is 0 Å². The van der Waals surface area contributed by atoms with E-state index in [1.54, 1.807) is 19.2 Å². The first-order chi connectivity index (χ1) is 8.91. The van der Waals surface area contributed by atoms with Crippen LogP contribution < -0.4 is 24.2 Å². The molecule has 0 bridgehead atoms. The van der Waals surface area contributed by atoms with Crippen LogP contribution in [-0.2, 0) is 10.0 Å². The Hall–Kier alpha value is -1.67. The lowest BCUT2D eigenvalue weighted by molar-refractivity contribution is 0.293. The summed E-state index contributed by atoms with van der Waals surface area (Å²) in [6, 6.07) is 3.15. The van der Waals surface area contributed by atoms with E-state index in [-0.39, 0.29) is 12.4 Å². The normalized spacial score (nSPS) is 10.9. The molecule has 0 aromatic heterocycles. The van der Waals surface area contributed by atoms with Crippen LogP contribution in [0.25, 0.3) is 0 Å². The second-order valence-electron chi connectivity index (χ2n) is 3.72. The highest BCUT2D eigenvalue weighted by molar-refractivity contribution is 7.92. The number of methoxy groups -OCH3 is 2. The average molecular weight is 290 g/mol. The predicted octanol–water partition coefficient (Wildman–Crippen LogP) is 0.631. The summed E-state index contributed by atoms with van der Waals surface area (Å²) in [5, 5.41) is 2.80. The van der Waals surface area contributed by atoms with Crippen molar-refractivity contribution in [2.45, 2.75) is 0 Å². The molecule has 0 aliphatic carbocycles. The molecular weight excluding hydrogens is 272 g/mol. The van der Waals surface area contributed by atoms with Crippen LogP contribution in [0.3, 0.4) is 0 Å². The molecule has 0 aliphatic heterocycles. The van der Waals surface area contributed by atoms with E-state index in [1.165, 1.54) is 14.2 Å². The standard InChI is InChI=1S/C11H18N2O5S/c1-12-7-18-10-6-8(16-2)5-9(17-3)11(10)13-19(4,14)15/h5-6,12-13H,7H2,1-4H3. The second kappa shape index (κ2) is 6.48. The third kappa shape index (κ3) is 4.49. The van der Waals surface area contributed by atoms with Crippen molar-refractivity contribution < 1.29 is 22.6 Å². The SMILES string of the molecule is CNCOc1cc(OC)cc(OC)c1NS(C)(=O)=O. The molecule has 0 heterocycles. The van der Waals surface area contributed by atoms with E-state index in [2.05, 4.69) is 10.0 Å². The van der Waals surface area contributed by atoms with Gasteiger partial charge in [-0.1, -0.05) is 0 Å². The van der Waals surface area contributed by atoms with Gasteiger partial charge in [0.2, 0.25) is 10.0 Å². The van der Waals surface area contributed by atoms with Crippen molar-refractivity contribution in [1.82, 2.24) is 5.32 Å². The molecule has 2 N–H and O–H groups in total. The van der Waals surface area contributed by atoms with Gasteiger partial charge >= 0.3 is 0 Å². The first kappa shape index (κ1) is 15.4. The van der Waals surface area contributed by atoms with Crippen molar-refractivity contribution in [3.05, 3.63) is 12.1 Å². The van der Waals surface area contributed by atoms with E-state index >= 15 is 0 Å². The minimum atomic E-state index is -3.45. The van der Waals surface area contributed by atoms with Gasteiger partial charge in [0.25, 0.3) is 0 Å². The Bertz CT molecular complexity index is 530. The molecule has 8 heteroatoms. The van der Waals surface area contributed by atoms with Crippen LogP contribution >= 0.6 is 0 Å². The number of hydrogen-bond donors (Lipinski definition) is 2.